The molecule has 0 spiro atoms. The lowest BCUT2D eigenvalue weighted by Crippen LogP contribution is -2.31. The molecule has 3 amide bonds. The fraction of sp³-hybridized carbons (Fsp3) is 0.467. The van der Waals surface area contributed by atoms with Crippen LogP contribution in [0.3, 0.4) is 0 Å². The van der Waals surface area contributed by atoms with Crippen molar-refractivity contribution in [3.8, 4) is 5.75 Å². The van der Waals surface area contributed by atoms with Gasteiger partial charge < -0.3 is 20.3 Å². The van der Waals surface area contributed by atoms with Gasteiger partial charge in [-0.1, -0.05) is 6.92 Å². The van der Waals surface area contributed by atoms with E-state index < -0.39 is 0 Å². The summed E-state index contributed by atoms with van der Waals surface area (Å²) in [5, 5.41) is 5.44. The van der Waals surface area contributed by atoms with Crippen molar-refractivity contribution in [2.45, 2.75) is 26.8 Å². The molecule has 0 atom stereocenters. The van der Waals surface area contributed by atoms with Crippen molar-refractivity contribution in [2.75, 3.05) is 25.0 Å². The molecule has 1 aliphatic heterocycles. The maximum Gasteiger partial charge on any atom is 0.319 e. The Kier molecular flexibility index (Phi) is 5.03. The maximum atomic E-state index is 11.9. The largest absolute Gasteiger partial charge is 0.491 e. The van der Waals surface area contributed by atoms with Crippen molar-refractivity contribution in [3.05, 3.63) is 23.8 Å². The molecule has 0 saturated carbocycles. The molecular formula is C15H21N3O3. The highest BCUT2D eigenvalue weighted by molar-refractivity contribution is 5.89. The molecule has 1 aromatic carbocycles. The Hall–Kier alpha value is -2.24. The number of ether oxygens (including phenoxy) is 1. The second kappa shape index (κ2) is 6.97. The van der Waals surface area contributed by atoms with Crippen LogP contribution in [0.2, 0.25) is 0 Å². The predicted octanol–water partition coefficient (Wildman–Crippen LogP) is 1.96. The van der Waals surface area contributed by atoms with E-state index in [2.05, 4.69) is 10.6 Å². The fourth-order valence-corrected chi connectivity index (χ4v) is 2.24. The normalized spacial score (nSPS) is 13.7. The van der Waals surface area contributed by atoms with Gasteiger partial charge in [0.15, 0.2) is 0 Å². The van der Waals surface area contributed by atoms with E-state index in [1.54, 1.807) is 11.0 Å². The number of amides is 3. The molecule has 2 N–H and O–H groups in total. The van der Waals surface area contributed by atoms with Crippen LogP contribution in [0.1, 0.15) is 25.8 Å². The third-order valence-corrected chi connectivity index (χ3v) is 3.29. The van der Waals surface area contributed by atoms with Gasteiger partial charge in [-0.05, 0) is 25.1 Å². The Labute approximate surface area is 124 Å². The smallest absolute Gasteiger partial charge is 0.319 e. The number of benzene rings is 1. The van der Waals surface area contributed by atoms with Crippen LogP contribution in [0, 0.1) is 0 Å². The van der Waals surface area contributed by atoms with Gasteiger partial charge in [0.05, 0.1) is 6.54 Å². The van der Waals surface area contributed by atoms with E-state index in [-0.39, 0.29) is 11.9 Å². The van der Waals surface area contributed by atoms with Gasteiger partial charge in [-0.3, -0.25) is 4.79 Å². The van der Waals surface area contributed by atoms with Gasteiger partial charge in [0.1, 0.15) is 12.4 Å². The lowest BCUT2D eigenvalue weighted by molar-refractivity contribution is -0.131. The van der Waals surface area contributed by atoms with Crippen LogP contribution in [0.15, 0.2) is 18.2 Å². The van der Waals surface area contributed by atoms with Gasteiger partial charge in [0.2, 0.25) is 5.91 Å². The SMILES string of the molecule is CCNC(=O)Nc1ccc2c(c1)CN(C(=O)CC)CCO2. The molecule has 2 rings (SSSR count). The van der Waals surface area contributed by atoms with E-state index in [1.807, 2.05) is 26.0 Å². The van der Waals surface area contributed by atoms with Crippen molar-refractivity contribution in [2.24, 2.45) is 0 Å². The van der Waals surface area contributed by atoms with Crippen molar-refractivity contribution >= 4 is 17.6 Å². The standard InChI is InChI=1S/C15H21N3O3/c1-3-14(19)18-7-8-21-13-6-5-12(9-11(13)10-18)17-15(20)16-4-2/h5-6,9H,3-4,7-8,10H2,1-2H3,(H2,16,17,20). The molecule has 1 heterocycles. The lowest BCUT2D eigenvalue weighted by atomic mass is 10.1. The Morgan fingerprint density at radius 2 is 2.14 bits per heavy atom. The molecule has 114 valence electrons. The quantitative estimate of drug-likeness (QED) is 0.894. The molecule has 0 fully saturated rings. The van der Waals surface area contributed by atoms with Crippen LogP contribution in [0.25, 0.3) is 0 Å². The van der Waals surface area contributed by atoms with E-state index >= 15 is 0 Å². The number of hydrogen-bond acceptors (Lipinski definition) is 3. The predicted molar refractivity (Wildman–Crippen MR) is 80.3 cm³/mol. The maximum absolute atomic E-state index is 11.9. The van der Waals surface area contributed by atoms with Gasteiger partial charge in [-0.15, -0.1) is 0 Å². The molecular weight excluding hydrogens is 270 g/mol. The Bertz CT molecular complexity index is 531. The zero-order chi connectivity index (χ0) is 15.2. The number of fused-ring (bicyclic) bond motifs is 1. The van der Waals surface area contributed by atoms with Gasteiger partial charge in [0, 0.05) is 30.8 Å². The monoisotopic (exact) mass is 291 g/mol. The summed E-state index contributed by atoms with van der Waals surface area (Å²) in [5.41, 5.74) is 1.60. The average Bonchev–Trinajstić information content (AvgIpc) is 2.68. The zero-order valence-corrected chi connectivity index (χ0v) is 12.4. The molecule has 1 aliphatic rings. The number of rotatable bonds is 3. The Morgan fingerprint density at radius 1 is 1.33 bits per heavy atom. The van der Waals surface area contributed by atoms with Crippen molar-refractivity contribution in [3.63, 3.8) is 0 Å². The molecule has 0 unspecified atom stereocenters. The average molecular weight is 291 g/mol. The van der Waals surface area contributed by atoms with Crippen LogP contribution < -0.4 is 15.4 Å². The molecule has 21 heavy (non-hydrogen) atoms. The molecule has 0 radical (unpaired) electrons. The molecule has 6 nitrogen and oxygen atoms in total. The van der Waals surface area contributed by atoms with Crippen LogP contribution in [-0.2, 0) is 11.3 Å². The first-order valence-electron chi connectivity index (χ1n) is 7.22. The summed E-state index contributed by atoms with van der Waals surface area (Å²) in [6.45, 7) is 5.86. The molecule has 0 saturated heterocycles. The second-order valence-electron chi connectivity index (χ2n) is 4.82. The summed E-state index contributed by atoms with van der Waals surface area (Å²) >= 11 is 0. The fourth-order valence-electron chi connectivity index (χ4n) is 2.24. The molecule has 0 aliphatic carbocycles. The van der Waals surface area contributed by atoms with E-state index in [0.717, 1.165) is 11.3 Å². The number of anilines is 1. The topological polar surface area (TPSA) is 70.7 Å². The van der Waals surface area contributed by atoms with Crippen LogP contribution in [-0.4, -0.2) is 36.5 Å². The minimum Gasteiger partial charge on any atom is -0.491 e. The second-order valence-corrected chi connectivity index (χ2v) is 4.82. The number of carbonyl (C=O) groups excluding carboxylic acids is 2. The first-order valence-corrected chi connectivity index (χ1v) is 7.22. The highest BCUT2D eigenvalue weighted by Crippen LogP contribution is 2.26. The van der Waals surface area contributed by atoms with Gasteiger partial charge in [-0.2, -0.15) is 0 Å². The van der Waals surface area contributed by atoms with Crippen LogP contribution >= 0.6 is 0 Å². The molecule has 6 heteroatoms. The summed E-state index contributed by atoms with van der Waals surface area (Å²) in [6.07, 6.45) is 0.478. The lowest BCUT2D eigenvalue weighted by Gasteiger charge is -2.19. The summed E-state index contributed by atoms with van der Waals surface area (Å²) in [6, 6.07) is 5.24. The molecule has 1 aromatic rings. The van der Waals surface area contributed by atoms with Gasteiger partial charge in [0.25, 0.3) is 0 Å². The van der Waals surface area contributed by atoms with E-state index in [4.69, 9.17) is 4.74 Å². The first kappa shape index (κ1) is 15.2. The molecule has 0 aromatic heterocycles. The van der Waals surface area contributed by atoms with E-state index in [0.29, 0.717) is 38.3 Å². The first-order chi connectivity index (χ1) is 10.1. The van der Waals surface area contributed by atoms with Crippen LogP contribution in [0.5, 0.6) is 5.75 Å². The third kappa shape index (κ3) is 3.87. The number of carbonyl (C=O) groups is 2. The highest BCUT2D eigenvalue weighted by atomic mass is 16.5. The van der Waals surface area contributed by atoms with Crippen molar-refractivity contribution < 1.29 is 14.3 Å². The Balaban J connectivity index is 2.15. The summed E-state index contributed by atoms with van der Waals surface area (Å²) in [5.74, 6) is 0.872. The summed E-state index contributed by atoms with van der Waals surface area (Å²) < 4.78 is 5.66. The van der Waals surface area contributed by atoms with Crippen molar-refractivity contribution in [1.82, 2.24) is 10.2 Å². The zero-order valence-electron chi connectivity index (χ0n) is 12.4. The summed E-state index contributed by atoms with van der Waals surface area (Å²) in [4.78, 5) is 25.2. The van der Waals surface area contributed by atoms with Gasteiger partial charge in [-0.25, -0.2) is 4.79 Å². The number of hydrogen-bond donors (Lipinski definition) is 2. The van der Waals surface area contributed by atoms with Crippen molar-refractivity contribution in [1.29, 1.82) is 0 Å². The van der Waals surface area contributed by atoms with Crippen LogP contribution in [0.4, 0.5) is 10.5 Å². The Morgan fingerprint density at radius 3 is 2.86 bits per heavy atom. The summed E-state index contributed by atoms with van der Waals surface area (Å²) in [7, 11) is 0. The van der Waals surface area contributed by atoms with E-state index in [9.17, 15) is 9.59 Å². The number of nitrogens with zero attached hydrogens (tertiary/aromatic N) is 1. The highest BCUT2D eigenvalue weighted by Gasteiger charge is 2.19. The van der Waals surface area contributed by atoms with E-state index in [1.165, 1.54) is 0 Å². The minimum atomic E-state index is -0.242. The van der Waals surface area contributed by atoms with Gasteiger partial charge >= 0.3 is 6.03 Å². The number of urea groups is 1. The number of nitrogens with one attached hydrogen (secondary N) is 2. The minimum absolute atomic E-state index is 0.105. The third-order valence-electron chi connectivity index (χ3n) is 3.29. The molecule has 0 bridgehead atoms.